The number of rotatable bonds is 5. The molecule has 1 aromatic carbocycles. The minimum absolute atomic E-state index is 0.0375. The summed E-state index contributed by atoms with van der Waals surface area (Å²) in [5.74, 6) is 0.0977. The number of tetrazole rings is 1. The van der Waals surface area contributed by atoms with Crippen molar-refractivity contribution in [2.45, 2.75) is 62.4 Å². The molecule has 0 unspecified atom stereocenters. The molecule has 0 radical (unpaired) electrons. The van der Waals surface area contributed by atoms with Crippen LogP contribution in [0.1, 0.15) is 61.5 Å². The Morgan fingerprint density at radius 1 is 1.26 bits per heavy atom. The smallest absolute Gasteiger partial charge is 0.223 e. The van der Waals surface area contributed by atoms with Crippen molar-refractivity contribution in [3.05, 3.63) is 29.3 Å². The summed E-state index contributed by atoms with van der Waals surface area (Å²) in [5, 5.41) is 12.5. The van der Waals surface area contributed by atoms with Gasteiger partial charge in [-0.25, -0.2) is 4.68 Å². The monoisotopic (exact) mass is 385 g/mol. The number of carbonyl (C=O) groups is 2. The molecule has 2 aliphatic rings. The van der Waals surface area contributed by atoms with Crippen LogP contribution in [0.4, 0.5) is 5.69 Å². The van der Waals surface area contributed by atoms with E-state index in [1.54, 1.807) is 11.8 Å². The molecule has 1 amide bonds. The summed E-state index contributed by atoms with van der Waals surface area (Å²) in [6.07, 6.45) is 5.39. The first-order chi connectivity index (χ1) is 13.0. The zero-order chi connectivity index (χ0) is 19.0. The predicted octanol–water partition coefficient (Wildman–Crippen LogP) is 3.06. The van der Waals surface area contributed by atoms with E-state index in [9.17, 15) is 9.59 Å². The summed E-state index contributed by atoms with van der Waals surface area (Å²) >= 11 is 1.42. The first-order valence-corrected chi connectivity index (χ1v) is 10.3. The van der Waals surface area contributed by atoms with Crippen LogP contribution in [0.3, 0.4) is 0 Å². The lowest BCUT2D eigenvalue weighted by atomic mass is 10.0. The lowest BCUT2D eigenvalue weighted by Crippen LogP contribution is -2.25. The fourth-order valence-electron chi connectivity index (χ4n) is 3.97. The number of aromatic nitrogens is 4. The summed E-state index contributed by atoms with van der Waals surface area (Å²) < 4.78 is 1.88. The summed E-state index contributed by atoms with van der Waals surface area (Å²) in [7, 11) is 0. The average molecular weight is 385 g/mol. The standard InChI is InChI=1S/C19H23N5O2S/c1-12(27-19-20-21-22-24(19)16-5-3-4-6-16)18(26)15-7-8-17-14(11-15)9-10-23(17)13(2)25/h7-8,11-12,16H,3-6,9-10H2,1-2H3/t12-/m0/s1. The molecule has 1 saturated carbocycles. The van der Waals surface area contributed by atoms with Gasteiger partial charge in [-0.15, -0.1) is 5.10 Å². The van der Waals surface area contributed by atoms with Crippen molar-refractivity contribution in [2.24, 2.45) is 0 Å². The normalized spacial score (nSPS) is 17.9. The number of benzene rings is 1. The largest absolute Gasteiger partial charge is 0.312 e. The molecule has 0 saturated heterocycles. The Labute approximate surface area is 162 Å². The molecule has 1 aromatic heterocycles. The van der Waals surface area contributed by atoms with Gasteiger partial charge in [0.2, 0.25) is 11.1 Å². The average Bonchev–Trinajstić information content (AvgIpc) is 3.39. The van der Waals surface area contributed by atoms with Gasteiger partial charge in [0.25, 0.3) is 0 Å². The molecule has 142 valence electrons. The molecular formula is C19H23N5O2S. The highest BCUT2D eigenvalue weighted by Crippen LogP contribution is 2.34. The van der Waals surface area contributed by atoms with Crippen molar-refractivity contribution in [2.75, 3.05) is 11.4 Å². The van der Waals surface area contributed by atoms with E-state index < -0.39 is 0 Å². The number of anilines is 1. The van der Waals surface area contributed by atoms with E-state index in [4.69, 9.17) is 0 Å². The van der Waals surface area contributed by atoms with E-state index in [1.165, 1.54) is 24.6 Å². The van der Waals surface area contributed by atoms with Gasteiger partial charge in [-0.2, -0.15) is 0 Å². The number of amides is 1. The van der Waals surface area contributed by atoms with Crippen molar-refractivity contribution in [1.82, 2.24) is 20.2 Å². The Balaban J connectivity index is 1.49. The van der Waals surface area contributed by atoms with E-state index in [1.807, 2.05) is 29.8 Å². The molecule has 1 aliphatic heterocycles. The zero-order valence-electron chi connectivity index (χ0n) is 15.6. The molecule has 2 heterocycles. The van der Waals surface area contributed by atoms with E-state index >= 15 is 0 Å². The van der Waals surface area contributed by atoms with Crippen LogP contribution in [0.15, 0.2) is 23.4 Å². The Morgan fingerprint density at radius 2 is 2.04 bits per heavy atom. The fourth-order valence-corrected chi connectivity index (χ4v) is 4.91. The molecule has 8 heteroatoms. The topological polar surface area (TPSA) is 81.0 Å². The van der Waals surface area contributed by atoms with Crippen LogP contribution in [-0.4, -0.2) is 43.7 Å². The van der Waals surface area contributed by atoms with Crippen molar-refractivity contribution in [3.8, 4) is 0 Å². The highest BCUT2D eigenvalue weighted by Gasteiger charge is 2.27. The first kappa shape index (κ1) is 18.2. The number of hydrogen-bond acceptors (Lipinski definition) is 6. The zero-order valence-corrected chi connectivity index (χ0v) is 16.4. The minimum Gasteiger partial charge on any atom is -0.312 e. The molecular weight excluding hydrogens is 362 g/mol. The Kier molecular flexibility index (Phi) is 4.99. The summed E-state index contributed by atoms with van der Waals surface area (Å²) in [5.41, 5.74) is 2.66. The van der Waals surface area contributed by atoms with Gasteiger partial charge in [-0.1, -0.05) is 24.6 Å². The lowest BCUT2D eigenvalue weighted by molar-refractivity contribution is -0.116. The van der Waals surface area contributed by atoms with Gasteiger partial charge >= 0.3 is 0 Å². The van der Waals surface area contributed by atoms with Crippen LogP contribution < -0.4 is 4.90 Å². The number of fused-ring (bicyclic) bond motifs is 1. The van der Waals surface area contributed by atoms with Crippen molar-refractivity contribution in [3.63, 3.8) is 0 Å². The van der Waals surface area contributed by atoms with Crippen molar-refractivity contribution < 1.29 is 9.59 Å². The molecule has 1 atom stereocenters. The van der Waals surface area contributed by atoms with Gasteiger partial charge in [0.05, 0.1) is 11.3 Å². The van der Waals surface area contributed by atoms with Gasteiger partial charge in [0.15, 0.2) is 5.78 Å². The maximum atomic E-state index is 12.9. The molecule has 7 nitrogen and oxygen atoms in total. The summed E-state index contributed by atoms with van der Waals surface area (Å²) in [6, 6.07) is 5.98. The molecule has 0 N–H and O–H groups in total. The van der Waals surface area contributed by atoms with Gasteiger partial charge in [0.1, 0.15) is 0 Å². The second kappa shape index (κ2) is 7.42. The highest BCUT2D eigenvalue weighted by molar-refractivity contribution is 8.00. The third-order valence-electron chi connectivity index (χ3n) is 5.42. The van der Waals surface area contributed by atoms with Crippen LogP contribution in [0.2, 0.25) is 0 Å². The quantitative estimate of drug-likeness (QED) is 0.581. The van der Waals surface area contributed by atoms with E-state index in [0.29, 0.717) is 23.3 Å². The molecule has 0 spiro atoms. The number of hydrogen-bond donors (Lipinski definition) is 0. The van der Waals surface area contributed by atoms with Gasteiger partial charge in [-0.3, -0.25) is 9.59 Å². The molecule has 0 bridgehead atoms. The van der Waals surface area contributed by atoms with Crippen LogP contribution in [0, 0.1) is 0 Å². The maximum Gasteiger partial charge on any atom is 0.223 e. The van der Waals surface area contributed by atoms with Crippen LogP contribution in [-0.2, 0) is 11.2 Å². The first-order valence-electron chi connectivity index (χ1n) is 9.44. The second-order valence-electron chi connectivity index (χ2n) is 7.23. The third kappa shape index (κ3) is 3.50. The third-order valence-corrected chi connectivity index (χ3v) is 6.47. The Hall–Kier alpha value is -2.22. The number of Topliss-reactive ketones (excluding diaryl/α,β-unsaturated/α-hetero) is 1. The van der Waals surface area contributed by atoms with Gasteiger partial charge < -0.3 is 4.90 Å². The minimum atomic E-state index is -0.278. The van der Waals surface area contributed by atoms with Crippen LogP contribution in [0.25, 0.3) is 0 Å². The molecule has 4 rings (SSSR count). The number of ketones is 1. The molecule has 1 fully saturated rings. The lowest BCUT2D eigenvalue weighted by Gasteiger charge is -2.16. The van der Waals surface area contributed by atoms with E-state index in [2.05, 4.69) is 15.5 Å². The van der Waals surface area contributed by atoms with E-state index in [-0.39, 0.29) is 16.9 Å². The SMILES string of the molecule is CC(=O)N1CCc2cc(C(=O)[C@H](C)Sc3nnnn3C3CCCC3)ccc21. The van der Waals surface area contributed by atoms with E-state index in [0.717, 1.165) is 30.5 Å². The van der Waals surface area contributed by atoms with Gasteiger partial charge in [0, 0.05) is 24.7 Å². The summed E-state index contributed by atoms with van der Waals surface area (Å²) in [6.45, 7) is 4.15. The molecule has 2 aromatic rings. The summed E-state index contributed by atoms with van der Waals surface area (Å²) in [4.78, 5) is 26.4. The molecule has 1 aliphatic carbocycles. The van der Waals surface area contributed by atoms with Crippen molar-refractivity contribution >= 4 is 29.1 Å². The number of thioether (sulfide) groups is 1. The Morgan fingerprint density at radius 3 is 2.78 bits per heavy atom. The Bertz CT molecular complexity index is 875. The fraction of sp³-hybridized carbons (Fsp3) is 0.526. The maximum absolute atomic E-state index is 12.9. The second-order valence-corrected chi connectivity index (χ2v) is 8.54. The van der Waals surface area contributed by atoms with Gasteiger partial charge in [-0.05, 0) is 60.4 Å². The molecule has 27 heavy (non-hydrogen) atoms. The van der Waals surface area contributed by atoms with Crippen LogP contribution in [0.5, 0.6) is 0 Å². The predicted molar refractivity (Wildman–Crippen MR) is 103 cm³/mol. The van der Waals surface area contributed by atoms with Crippen molar-refractivity contribution in [1.29, 1.82) is 0 Å². The van der Waals surface area contributed by atoms with Crippen LogP contribution >= 0.6 is 11.8 Å². The number of carbonyl (C=O) groups excluding carboxylic acids is 2. The highest BCUT2D eigenvalue weighted by atomic mass is 32.2. The number of nitrogens with zero attached hydrogens (tertiary/aromatic N) is 5.